The van der Waals surface area contributed by atoms with Crippen LogP contribution >= 0.6 is 23.2 Å². The van der Waals surface area contributed by atoms with Gasteiger partial charge in [0.05, 0.1) is 22.7 Å². The van der Waals surface area contributed by atoms with E-state index in [2.05, 4.69) is 11.1 Å². The number of hydrogen-bond acceptors (Lipinski definition) is 5. The third-order valence-corrected chi connectivity index (χ3v) is 4.78. The third-order valence-electron chi connectivity index (χ3n) is 4.22. The van der Waals surface area contributed by atoms with Crippen molar-refractivity contribution in [2.24, 2.45) is 0 Å². The summed E-state index contributed by atoms with van der Waals surface area (Å²) in [6.45, 7) is 2.22. The van der Waals surface area contributed by atoms with Gasteiger partial charge in [-0.05, 0) is 24.3 Å². The van der Waals surface area contributed by atoms with Crippen molar-refractivity contribution in [3.05, 3.63) is 51.6 Å². The Labute approximate surface area is 161 Å². The molecule has 1 amide bonds. The fraction of sp³-hybridized carbons (Fsp3) is 0.278. The predicted octanol–water partition coefficient (Wildman–Crippen LogP) is 3.23. The molecule has 1 aromatic heterocycles. The lowest BCUT2D eigenvalue weighted by atomic mass is 10.1. The minimum absolute atomic E-state index is 0.141. The van der Waals surface area contributed by atoms with Crippen LogP contribution in [0.15, 0.2) is 30.5 Å². The van der Waals surface area contributed by atoms with Crippen LogP contribution in [0, 0.1) is 11.3 Å². The molecule has 0 spiro atoms. The summed E-state index contributed by atoms with van der Waals surface area (Å²) in [5, 5.41) is 9.82. The van der Waals surface area contributed by atoms with E-state index in [1.165, 1.54) is 7.11 Å². The van der Waals surface area contributed by atoms with Crippen LogP contribution in [-0.4, -0.2) is 49.1 Å². The molecular formula is C18H16Cl2N4O2. The lowest BCUT2D eigenvalue weighted by molar-refractivity contribution is 0.0746. The minimum atomic E-state index is -0.141. The third kappa shape index (κ3) is 3.55. The number of anilines is 1. The standard InChI is InChI=1S/C18H16Cl2N4O2/c1-26-16-14(19)9-13(10-15(16)20)18(25)24-7-5-23(6-8-24)17-12(11-21)3-2-4-22-17/h2-4,9-10H,5-8H2,1H3. The summed E-state index contributed by atoms with van der Waals surface area (Å²) in [5.41, 5.74) is 0.950. The number of halogens is 2. The number of amides is 1. The van der Waals surface area contributed by atoms with Crippen molar-refractivity contribution in [2.75, 3.05) is 38.2 Å². The first-order chi connectivity index (χ1) is 12.5. The molecule has 134 valence electrons. The van der Waals surface area contributed by atoms with Gasteiger partial charge in [0.2, 0.25) is 0 Å². The number of hydrogen-bond donors (Lipinski definition) is 0. The van der Waals surface area contributed by atoms with Crippen LogP contribution in [0.3, 0.4) is 0 Å². The Hall–Kier alpha value is -2.49. The summed E-state index contributed by atoms with van der Waals surface area (Å²) in [4.78, 5) is 20.8. The average Bonchev–Trinajstić information content (AvgIpc) is 2.67. The highest BCUT2D eigenvalue weighted by Gasteiger charge is 2.25. The van der Waals surface area contributed by atoms with Gasteiger partial charge < -0.3 is 14.5 Å². The first kappa shape index (κ1) is 18.3. The number of ether oxygens (including phenoxy) is 1. The predicted molar refractivity (Wildman–Crippen MR) is 100 cm³/mol. The highest BCUT2D eigenvalue weighted by molar-refractivity contribution is 6.37. The second kappa shape index (κ2) is 7.81. The first-order valence-electron chi connectivity index (χ1n) is 7.97. The molecule has 0 atom stereocenters. The van der Waals surface area contributed by atoms with Gasteiger partial charge >= 0.3 is 0 Å². The van der Waals surface area contributed by atoms with Gasteiger partial charge in [0.25, 0.3) is 5.91 Å². The highest BCUT2D eigenvalue weighted by Crippen LogP contribution is 2.34. The van der Waals surface area contributed by atoms with Gasteiger partial charge in [-0.25, -0.2) is 4.98 Å². The number of pyridine rings is 1. The van der Waals surface area contributed by atoms with Crippen molar-refractivity contribution < 1.29 is 9.53 Å². The average molecular weight is 391 g/mol. The lowest BCUT2D eigenvalue weighted by Crippen LogP contribution is -2.49. The van der Waals surface area contributed by atoms with Gasteiger partial charge in [-0.15, -0.1) is 0 Å². The van der Waals surface area contributed by atoms with Crippen LogP contribution in [0.2, 0.25) is 10.0 Å². The van der Waals surface area contributed by atoms with Crippen molar-refractivity contribution in [2.45, 2.75) is 0 Å². The molecule has 1 aliphatic rings. The molecule has 1 fully saturated rings. The zero-order valence-corrected chi connectivity index (χ0v) is 15.6. The molecule has 8 heteroatoms. The summed E-state index contributed by atoms with van der Waals surface area (Å²) in [6, 6.07) is 8.75. The number of nitriles is 1. The van der Waals surface area contributed by atoms with Gasteiger partial charge in [-0.3, -0.25) is 4.79 Å². The van der Waals surface area contributed by atoms with Gasteiger partial charge in [0.15, 0.2) is 5.75 Å². The normalized spacial score (nSPS) is 14.1. The Balaban J connectivity index is 1.72. The molecule has 0 N–H and O–H groups in total. The Morgan fingerprint density at radius 1 is 1.23 bits per heavy atom. The number of carbonyl (C=O) groups excluding carboxylic acids is 1. The van der Waals surface area contributed by atoms with E-state index in [4.69, 9.17) is 27.9 Å². The number of benzene rings is 1. The van der Waals surface area contributed by atoms with Crippen molar-refractivity contribution in [1.29, 1.82) is 5.26 Å². The molecule has 26 heavy (non-hydrogen) atoms. The maximum Gasteiger partial charge on any atom is 0.254 e. The topological polar surface area (TPSA) is 69.5 Å². The Morgan fingerprint density at radius 3 is 2.46 bits per heavy atom. The van der Waals surface area contributed by atoms with Gasteiger partial charge in [0, 0.05) is 37.9 Å². The summed E-state index contributed by atoms with van der Waals surface area (Å²) in [5.74, 6) is 0.865. The molecule has 2 aromatic rings. The molecule has 0 aliphatic carbocycles. The molecule has 1 saturated heterocycles. The van der Waals surface area contributed by atoms with E-state index in [1.807, 2.05) is 4.90 Å². The van der Waals surface area contributed by atoms with Crippen LogP contribution in [-0.2, 0) is 0 Å². The van der Waals surface area contributed by atoms with Gasteiger partial charge in [0.1, 0.15) is 11.9 Å². The van der Waals surface area contributed by atoms with Crippen LogP contribution in [0.4, 0.5) is 5.82 Å². The Kier molecular flexibility index (Phi) is 5.50. The Morgan fingerprint density at radius 2 is 1.88 bits per heavy atom. The molecule has 0 bridgehead atoms. The molecular weight excluding hydrogens is 375 g/mol. The largest absolute Gasteiger partial charge is 0.494 e. The molecule has 0 unspecified atom stereocenters. The van der Waals surface area contributed by atoms with Crippen LogP contribution in [0.5, 0.6) is 5.75 Å². The van der Waals surface area contributed by atoms with Crippen molar-refractivity contribution in [3.8, 4) is 11.8 Å². The maximum atomic E-state index is 12.8. The highest BCUT2D eigenvalue weighted by atomic mass is 35.5. The molecule has 0 radical (unpaired) electrons. The smallest absolute Gasteiger partial charge is 0.254 e. The zero-order valence-electron chi connectivity index (χ0n) is 14.1. The van der Waals surface area contributed by atoms with Crippen LogP contribution < -0.4 is 9.64 Å². The fourth-order valence-electron chi connectivity index (χ4n) is 2.92. The lowest BCUT2D eigenvalue weighted by Gasteiger charge is -2.35. The first-order valence-corrected chi connectivity index (χ1v) is 8.73. The molecule has 2 heterocycles. The van der Waals surface area contributed by atoms with E-state index in [0.29, 0.717) is 58.9 Å². The van der Waals surface area contributed by atoms with E-state index in [9.17, 15) is 10.1 Å². The second-order valence-electron chi connectivity index (χ2n) is 5.74. The van der Waals surface area contributed by atoms with E-state index in [1.54, 1.807) is 35.4 Å². The maximum absolute atomic E-state index is 12.8. The van der Waals surface area contributed by atoms with E-state index in [0.717, 1.165) is 0 Å². The van der Waals surface area contributed by atoms with Crippen LogP contribution in [0.1, 0.15) is 15.9 Å². The molecule has 1 aromatic carbocycles. The zero-order chi connectivity index (χ0) is 18.7. The summed E-state index contributed by atoms with van der Waals surface area (Å²) in [6.07, 6.45) is 1.66. The monoisotopic (exact) mass is 390 g/mol. The van der Waals surface area contributed by atoms with Crippen molar-refractivity contribution in [3.63, 3.8) is 0 Å². The van der Waals surface area contributed by atoms with Crippen LogP contribution in [0.25, 0.3) is 0 Å². The van der Waals surface area contributed by atoms with Crippen molar-refractivity contribution >= 4 is 34.9 Å². The number of carbonyl (C=O) groups is 1. The second-order valence-corrected chi connectivity index (χ2v) is 6.55. The molecule has 1 aliphatic heterocycles. The summed E-state index contributed by atoms with van der Waals surface area (Å²) >= 11 is 12.3. The van der Waals surface area contributed by atoms with E-state index in [-0.39, 0.29) is 5.91 Å². The SMILES string of the molecule is COc1c(Cl)cc(C(=O)N2CCN(c3ncccc3C#N)CC2)cc1Cl. The van der Waals surface area contributed by atoms with E-state index < -0.39 is 0 Å². The fourth-order valence-corrected chi connectivity index (χ4v) is 3.56. The number of rotatable bonds is 3. The van der Waals surface area contributed by atoms with Crippen molar-refractivity contribution in [1.82, 2.24) is 9.88 Å². The Bertz CT molecular complexity index is 851. The number of aromatic nitrogens is 1. The number of nitrogens with zero attached hydrogens (tertiary/aromatic N) is 4. The number of methoxy groups -OCH3 is 1. The van der Waals surface area contributed by atoms with Gasteiger partial charge in [-0.1, -0.05) is 23.2 Å². The quantitative estimate of drug-likeness (QED) is 0.804. The molecule has 6 nitrogen and oxygen atoms in total. The molecule has 0 saturated carbocycles. The summed E-state index contributed by atoms with van der Waals surface area (Å²) in [7, 11) is 1.47. The van der Waals surface area contributed by atoms with Gasteiger partial charge in [-0.2, -0.15) is 5.26 Å². The number of piperazine rings is 1. The molecule has 3 rings (SSSR count). The summed E-state index contributed by atoms with van der Waals surface area (Å²) < 4.78 is 5.11. The minimum Gasteiger partial charge on any atom is -0.494 e. The van der Waals surface area contributed by atoms with E-state index >= 15 is 0 Å².